The van der Waals surface area contributed by atoms with Crippen molar-refractivity contribution in [3.63, 3.8) is 0 Å². The molecule has 0 heterocycles. The fourth-order valence-corrected chi connectivity index (χ4v) is 1.40. The predicted molar refractivity (Wildman–Crippen MR) is 45.3 cm³/mol. The second-order valence-electron chi connectivity index (χ2n) is 2.21. The molecule has 0 saturated heterocycles. The first-order valence-electron chi connectivity index (χ1n) is 3.07. The molecule has 0 atom stereocenters. The molecule has 1 aromatic rings. The standard InChI is InChI=1S/C7H8O3S.H2O.Zn/c8-11(9,10)6-7-4-2-1-3-5-7;;/h1-5H,6H2,(H,8,9,10);1H2;. The van der Waals surface area contributed by atoms with Crippen LogP contribution in [-0.4, -0.2) is 18.4 Å². The predicted octanol–water partition coefficient (Wildman–Crippen LogP) is 0.247. The first-order valence-corrected chi connectivity index (χ1v) is 4.68. The van der Waals surface area contributed by atoms with Crippen molar-refractivity contribution in [2.45, 2.75) is 5.75 Å². The van der Waals surface area contributed by atoms with Gasteiger partial charge >= 0.3 is 0 Å². The van der Waals surface area contributed by atoms with Gasteiger partial charge in [0.15, 0.2) is 0 Å². The monoisotopic (exact) mass is 254 g/mol. The number of rotatable bonds is 2. The number of benzene rings is 1. The molecule has 0 aliphatic carbocycles. The van der Waals surface area contributed by atoms with E-state index in [4.69, 9.17) is 4.55 Å². The molecule has 0 saturated carbocycles. The van der Waals surface area contributed by atoms with Gasteiger partial charge in [0.1, 0.15) is 5.75 Å². The third-order valence-corrected chi connectivity index (χ3v) is 1.89. The van der Waals surface area contributed by atoms with Crippen molar-refractivity contribution in [1.82, 2.24) is 0 Å². The molecule has 0 aromatic heterocycles. The summed E-state index contributed by atoms with van der Waals surface area (Å²) in [7, 11) is -3.88. The van der Waals surface area contributed by atoms with Gasteiger partial charge in [0, 0.05) is 19.5 Å². The van der Waals surface area contributed by atoms with E-state index < -0.39 is 10.1 Å². The van der Waals surface area contributed by atoms with Crippen LogP contribution in [0.15, 0.2) is 30.3 Å². The Balaban J connectivity index is 0. The Bertz CT molecular complexity index is 322. The molecule has 0 aliphatic heterocycles. The summed E-state index contributed by atoms with van der Waals surface area (Å²) in [5, 5.41) is 0. The first-order chi connectivity index (χ1) is 5.08. The third kappa shape index (κ3) is 6.84. The van der Waals surface area contributed by atoms with Crippen LogP contribution in [0, 0.1) is 0 Å². The van der Waals surface area contributed by atoms with Gasteiger partial charge in [0.05, 0.1) is 0 Å². The number of hydrogen-bond donors (Lipinski definition) is 1. The van der Waals surface area contributed by atoms with Gasteiger partial charge in [0.25, 0.3) is 10.1 Å². The molecule has 70 valence electrons. The van der Waals surface area contributed by atoms with Crippen LogP contribution in [0.5, 0.6) is 0 Å². The average molecular weight is 256 g/mol. The van der Waals surface area contributed by atoms with Gasteiger partial charge in [0.2, 0.25) is 0 Å². The zero-order chi connectivity index (χ0) is 8.32. The van der Waals surface area contributed by atoms with Crippen molar-refractivity contribution < 1.29 is 37.9 Å². The van der Waals surface area contributed by atoms with Crippen LogP contribution in [0.1, 0.15) is 5.56 Å². The van der Waals surface area contributed by atoms with Gasteiger partial charge in [-0.2, -0.15) is 8.42 Å². The minimum absolute atomic E-state index is 0. The van der Waals surface area contributed by atoms with E-state index in [2.05, 4.69) is 0 Å². The van der Waals surface area contributed by atoms with Crippen LogP contribution in [0.4, 0.5) is 0 Å². The van der Waals surface area contributed by atoms with E-state index in [-0.39, 0.29) is 30.7 Å². The van der Waals surface area contributed by atoms with Crippen molar-refractivity contribution in [2.24, 2.45) is 0 Å². The van der Waals surface area contributed by atoms with Crippen molar-refractivity contribution >= 4 is 10.1 Å². The molecule has 3 N–H and O–H groups in total. The summed E-state index contributed by atoms with van der Waals surface area (Å²) in [6.07, 6.45) is 0. The van der Waals surface area contributed by atoms with Gasteiger partial charge in [-0.3, -0.25) is 4.55 Å². The minimum Gasteiger partial charge on any atom is -0.412 e. The quantitative estimate of drug-likeness (QED) is 0.607. The Labute approximate surface area is 89.8 Å². The van der Waals surface area contributed by atoms with E-state index in [1.54, 1.807) is 30.3 Å². The first kappa shape index (κ1) is 15.2. The van der Waals surface area contributed by atoms with Crippen molar-refractivity contribution in [3.8, 4) is 0 Å². The normalized spacial score (nSPS) is 9.62. The second-order valence-corrected chi connectivity index (χ2v) is 3.66. The van der Waals surface area contributed by atoms with Crippen LogP contribution < -0.4 is 0 Å². The largest absolute Gasteiger partial charge is 0.412 e. The zero-order valence-electron chi connectivity index (χ0n) is 6.97. The third-order valence-electron chi connectivity index (χ3n) is 1.19. The maximum absolute atomic E-state index is 10.4. The van der Waals surface area contributed by atoms with Gasteiger partial charge in [-0.15, -0.1) is 0 Å². The average Bonchev–Trinajstić information content (AvgIpc) is 1.85. The van der Waals surface area contributed by atoms with Crippen LogP contribution in [0.3, 0.4) is 0 Å². The van der Waals surface area contributed by atoms with Crippen LogP contribution >= 0.6 is 0 Å². The number of hydrogen-bond acceptors (Lipinski definition) is 2. The summed E-state index contributed by atoms with van der Waals surface area (Å²) in [6.45, 7) is 0. The molecule has 0 radical (unpaired) electrons. The Kier molecular flexibility index (Phi) is 7.26. The zero-order valence-corrected chi connectivity index (χ0v) is 10.8. The summed E-state index contributed by atoms with van der Waals surface area (Å²) in [5.41, 5.74) is 0.593. The summed E-state index contributed by atoms with van der Waals surface area (Å²) in [5.74, 6) is -0.312. The summed E-state index contributed by atoms with van der Waals surface area (Å²) in [6, 6.07) is 8.52. The van der Waals surface area contributed by atoms with Crippen molar-refractivity contribution in [2.75, 3.05) is 0 Å². The Hall–Kier alpha value is -0.287. The molecule has 0 spiro atoms. The van der Waals surface area contributed by atoms with Gasteiger partial charge in [-0.05, 0) is 5.56 Å². The molecule has 0 unspecified atom stereocenters. The fraction of sp³-hybridized carbons (Fsp3) is 0.143. The Morgan fingerprint density at radius 3 is 2.00 bits per heavy atom. The van der Waals surface area contributed by atoms with E-state index in [1.165, 1.54) is 0 Å². The van der Waals surface area contributed by atoms with E-state index in [9.17, 15) is 8.42 Å². The van der Waals surface area contributed by atoms with Crippen LogP contribution in [0.2, 0.25) is 0 Å². The molecule has 1 rings (SSSR count). The Morgan fingerprint density at radius 1 is 1.15 bits per heavy atom. The maximum Gasteiger partial charge on any atom is 0.269 e. The second kappa shape index (κ2) is 6.21. The van der Waals surface area contributed by atoms with Crippen LogP contribution in [0.25, 0.3) is 0 Å². The smallest absolute Gasteiger partial charge is 0.269 e. The van der Waals surface area contributed by atoms with Crippen LogP contribution in [-0.2, 0) is 35.3 Å². The molecule has 0 bridgehead atoms. The molecular formula is C7H10O4SZn. The molecular weight excluding hydrogens is 246 g/mol. The molecule has 0 aliphatic rings. The minimum atomic E-state index is -3.88. The van der Waals surface area contributed by atoms with Gasteiger partial charge < -0.3 is 5.48 Å². The summed E-state index contributed by atoms with van der Waals surface area (Å²) >= 11 is 0. The van der Waals surface area contributed by atoms with E-state index in [1.807, 2.05) is 0 Å². The summed E-state index contributed by atoms with van der Waals surface area (Å²) in [4.78, 5) is 0. The SMILES string of the molecule is O.O=S(=O)(O)Cc1ccccc1.[Zn]. The van der Waals surface area contributed by atoms with Crippen molar-refractivity contribution in [1.29, 1.82) is 0 Å². The molecule has 0 fully saturated rings. The van der Waals surface area contributed by atoms with E-state index in [0.717, 1.165) is 0 Å². The molecule has 4 nitrogen and oxygen atoms in total. The molecule has 13 heavy (non-hydrogen) atoms. The fourth-order valence-electron chi connectivity index (χ4n) is 0.785. The molecule has 0 amide bonds. The van der Waals surface area contributed by atoms with Gasteiger partial charge in [-0.1, -0.05) is 30.3 Å². The molecule has 6 heteroatoms. The summed E-state index contributed by atoms with van der Waals surface area (Å²) < 4.78 is 29.2. The van der Waals surface area contributed by atoms with E-state index >= 15 is 0 Å². The topological polar surface area (TPSA) is 85.9 Å². The van der Waals surface area contributed by atoms with Gasteiger partial charge in [-0.25, -0.2) is 0 Å². The maximum atomic E-state index is 10.4. The Morgan fingerprint density at radius 2 is 1.62 bits per heavy atom. The van der Waals surface area contributed by atoms with E-state index in [0.29, 0.717) is 5.56 Å². The molecule has 1 aromatic carbocycles. The van der Waals surface area contributed by atoms with Crippen molar-refractivity contribution in [3.05, 3.63) is 35.9 Å².